The van der Waals surface area contributed by atoms with E-state index in [1.165, 1.54) is 12.1 Å². The van der Waals surface area contributed by atoms with Gasteiger partial charge in [-0.1, -0.05) is 34.8 Å². The van der Waals surface area contributed by atoms with Crippen LogP contribution in [-0.4, -0.2) is 17.6 Å². The molecule has 0 atom stereocenters. The lowest BCUT2D eigenvalue weighted by molar-refractivity contribution is -0.118. The second-order valence-corrected chi connectivity index (χ2v) is 3.70. The van der Waals surface area contributed by atoms with Crippen LogP contribution < -0.4 is 5.32 Å². The van der Waals surface area contributed by atoms with Gasteiger partial charge in [0.25, 0.3) is 0 Å². The fourth-order valence-corrected chi connectivity index (χ4v) is 1.75. The number of rotatable bonds is 2. The SMILES string of the molecule is O=C(CO)Nc1c(Cl)cc(Cl)cc1Cl. The lowest BCUT2D eigenvalue weighted by Gasteiger charge is -2.08. The Morgan fingerprint density at radius 3 is 2.21 bits per heavy atom. The standard InChI is InChI=1S/C8H6Cl3NO2/c9-4-1-5(10)8(6(11)2-4)12-7(14)3-13/h1-2,13H,3H2,(H,12,14). The summed E-state index contributed by atoms with van der Waals surface area (Å²) in [5.74, 6) is -0.587. The Hall–Kier alpha value is -0.480. The first-order chi connectivity index (χ1) is 6.54. The van der Waals surface area contributed by atoms with Crippen LogP contribution in [-0.2, 0) is 4.79 Å². The third-order valence-electron chi connectivity index (χ3n) is 1.41. The van der Waals surface area contributed by atoms with E-state index in [1.54, 1.807) is 0 Å². The summed E-state index contributed by atoms with van der Waals surface area (Å²) >= 11 is 17.2. The van der Waals surface area contributed by atoms with Crippen LogP contribution in [0.25, 0.3) is 0 Å². The van der Waals surface area contributed by atoms with Crippen molar-refractivity contribution in [2.75, 3.05) is 11.9 Å². The maximum atomic E-state index is 10.9. The molecule has 14 heavy (non-hydrogen) atoms. The highest BCUT2D eigenvalue weighted by molar-refractivity contribution is 6.42. The predicted molar refractivity (Wildman–Crippen MR) is 57.2 cm³/mol. The van der Waals surface area contributed by atoms with Crippen molar-refractivity contribution >= 4 is 46.4 Å². The fraction of sp³-hybridized carbons (Fsp3) is 0.125. The smallest absolute Gasteiger partial charge is 0.250 e. The quantitative estimate of drug-likeness (QED) is 0.852. The van der Waals surface area contributed by atoms with E-state index in [1.807, 2.05) is 0 Å². The Bertz CT molecular complexity index is 345. The van der Waals surface area contributed by atoms with Gasteiger partial charge in [0.2, 0.25) is 5.91 Å². The minimum Gasteiger partial charge on any atom is -0.387 e. The largest absolute Gasteiger partial charge is 0.387 e. The maximum Gasteiger partial charge on any atom is 0.250 e. The predicted octanol–water partition coefficient (Wildman–Crippen LogP) is 2.58. The van der Waals surface area contributed by atoms with Crippen LogP contribution in [0.3, 0.4) is 0 Å². The third-order valence-corrected chi connectivity index (χ3v) is 2.23. The van der Waals surface area contributed by atoms with Crippen molar-refractivity contribution in [3.63, 3.8) is 0 Å². The highest BCUT2D eigenvalue weighted by Gasteiger charge is 2.10. The van der Waals surface area contributed by atoms with Crippen LogP contribution >= 0.6 is 34.8 Å². The van der Waals surface area contributed by atoms with Gasteiger partial charge in [-0.05, 0) is 12.1 Å². The summed E-state index contributed by atoms with van der Waals surface area (Å²) in [6, 6.07) is 2.89. The average Bonchev–Trinajstić information content (AvgIpc) is 2.10. The first-order valence-electron chi connectivity index (χ1n) is 3.60. The molecule has 1 amide bonds. The van der Waals surface area contributed by atoms with Crippen molar-refractivity contribution in [1.82, 2.24) is 0 Å². The zero-order valence-electron chi connectivity index (χ0n) is 6.85. The van der Waals surface area contributed by atoms with Crippen LogP contribution in [0.5, 0.6) is 0 Å². The highest BCUT2D eigenvalue weighted by Crippen LogP contribution is 2.33. The van der Waals surface area contributed by atoms with Gasteiger partial charge < -0.3 is 10.4 Å². The Labute approximate surface area is 95.6 Å². The molecule has 1 aromatic carbocycles. The van der Waals surface area contributed by atoms with Gasteiger partial charge in [-0.3, -0.25) is 4.79 Å². The van der Waals surface area contributed by atoms with Crippen LogP contribution in [0.15, 0.2) is 12.1 Å². The highest BCUT2D eigenvalue weighted by atomic mass is 35.5. The molecule has 0 bridgehead atoms. The molecule has 0 radical (unpaired) electrons. The molecular weight excluding hydrogens is 248 g/mol. The Balaban J connectivity index is 3.02. The minimum absolute atomic E-state index is 0.226. The molecule has 0 heterocycles. The van der Waals surface area contributed by atoms with E-state index in [0.29, 0.717) is 5.02 Å². The van der Waals surface area contributed by atoms with E-state index in [0.717, 1.165) is 0 Å². The molecular formula is C8H6Cl3NO2. The van der Waals surface area contributed by atoms with E-state index in [4.69, 9.17) is 39.9 Å². The monoisotopic (exact) mass is 253 g/mol. The third kappa shape index (κ3) is 2.75. The molecule has 6 heteroatoms. The van der Waals surface area contributed by atoms with Gasteiger partial charge in [0.15, 0.2) is 0 Å². The number of benzene rings is 1. The molecule has 0 saturated carbocycles. The molecule has 0 spiro atoms. The lowest BCUT2D eigenvalue weighted by Crippen LogP contribution is -2.15. The van der Waals surface area contributed by atoms with Gasteiger partial charge >= 0.3 is 0 Å². The molecule has 0 aliphatic heterocycles. The molecule has 76 valence electrons. The summed E-state index contributed by atoms with van der Waals surface area (Å²) in [7, 11) is 0. The summed E-state index contributed by atoms with van der Waals surface area (Å²) in [6.07, 6.45) is 0. The van der Waals surface area contributed by atoms with Crippen molar-refractivity contribution in [2.45, 2.75) is 0 Å². The zero-order valence-corrected chi connectivity index (χ0v) is 9.12. The van der Waals surface area contributed by atoms with Gasteiger partial charge in [-0.25, -0.2) is 0 Å². The van der Waals surface area contributed by atoms with Gasteiger partial charge in [0.1, 0.15) is 6.61 Å². The second-order valence-electron chi connectivity index (χ2n) is 2.45. The number of nitrogens with one attached hydrogen (secondary N) is 1. The maximum absolute atomic E-state index is 10.9. The number of carbonyl (C=O) groups excluding carboxylic acids is 1. The molecule has 0 fully saturated rings. The Morgan fingerprint density at radius 1 is 1.29 bits per heavy atom. The van der Waals surface area contributed by atoms with Crippen LogP contribution in [0, 0.1) is 0 Å². The molecule has 0 aliphatic rings. The van der Waals surface area contributed by atoms with Gasteiger partial charge in [0.05, 0.1) is 15.7 Å². The molecule has 0 aromatic heterocycles. The number of carbonyl (C=O) groups is 1. The number of halogens is 3. The van der Waals surface area contributed by atoms with E-state index in [-0.39, 0.29) is 15.7 Å². The first-order valence-corrected chi connectivity index (χ1v) is 4.73. The van der Waals surface area contributed by atoms with Crippen molar-refractivity contribution < 1.29 is 9.90 Å². The summed E-state index contributed by atoms with van der Waals surface area (Å²) in [4.78, 5) is 10.9. The molecule has 0 unspecified atom stereocenters. The molecule has 1 rings (SSSR count). The van der Waals surface area contributed by atoms with E-state index in [9.17, 15) is 4.79 Å². The molecule has 3 nitrogen and oxygen atoms in total. The number of amides is 1. The summed E-state index contributed by atoms with van der Waals surface area (Å²) in [6.45, 7) is -0.630. The summed E-state index contributed by atoms with van der Waals surface area (Å²) in [5, 5.41) is 11.7. The van der Waals surface area contributed by atoms with Crippen molar-refractivity contribution in [3.05, 3.63) is 27.2 Å². The van der Waals surface area contributed by atoms with E-state index >= 15 is 0 Å². The zero-order chi connectivity index (χ0) is 10.7. The number of hydrogen-bond donors (Lipinski definition) is 2. The number of aliphatic hydroxyl groups excluding tert-OH is 1. The number of aliphatic hydroxyl groups is 1. The topological polar surface area (TPSA) is 49.3 Å². The molecule has 0 aliphatic carbocycles. The molecule has 1 aromatic rings. The lowest BCUT2D eigenvalue weighted by atomic mass is 10.3. The van der Waals surface area contributed by atoms with Crippen LogP contribution in [0.1, 0.15) is 0 Å². The average molecular weight is 254 g/mol. The minimum atomic E-state index is -0.630. The fourth-order valence-electron chi connectivity index (χ4n) is 0.841. The van der Waals surface area contributed by atoms with Gasteiger partial charge in [0, 0.05) is 5.02 Å². The normalized spacial score (nSPS) is 10.0. The van der Waals surface area contributed by atoms with Crippen LogP contribution in [0.2, 0.25) is 15.1 Å². The Kier molecular flexibility index (Phi) is 4.01. The summed E-state index contributed by atoms with van der Waals surface area (Å²) < 4.78 is 0. The Morgan fingerprint density at radius 2 is 1.79 bits per heavy atom. The van der Waals surface area contributed by atoms with Crippen molar-refractivity contribution in [2.24, 2.45) is 0 Å². The number of anilines is 1. The second kappa shape index (κ2) is 4.84. The van der Waals surface area contributed by atoms with Gasteiger partial charge in [-0.2, -0.15) is 0 Å². The van der Waals surface area contributed by atoms with Gasteiger partial charge in [-0.15, -0.1) is 0 Å². The summed E-state index contributed by atoms with van der Waals surface area (Å²) in [5.41, 5.74) is 0.247. The van der Waals surface area contributed by atoms with Crippen molar-refractivity contribution in [1.29, 1.82) is 0 Å². The molecule has 0 saturated heterocycles. The number of hydrogen-bond acceptors (Lipinski definition) is 2. The van der Waals surface area contributed by atoms with E-state index in [2.05, 4.69) is 5.32 Å². The van der Waals surface area contributed by atoms with Crippen molar-refractivity contribution in [3.8, 4) is 0 Å². The van der Waals surface area contributed by atoms with E-state index < -0.39 is 12.5 Å². The van der Waals surface area contributed by atoms with Crippen LogP contribution in [0.4, 0.5) is 5.69 Å². The first kappa shape index (κ1) is 11.6. The molecule has 2 N–H and O–H groups in total.